The zero-order valence-corrected chi connectivity index (χ0v) is 13.0. The quantitative estimate of drug-likeness (QED) is 0.498. The van der Waals surface area contributed by atoms with E-state index in [1.54, 1.807) is 6.21 Å². The SMILES string of the molecule is C=C(/N=C\C=C(/C)Oc1ccc(N)c2ccccc12)SC. The van der Waals surface area contributed by atoms with Crippen LogP contribution in [0.3, 0.4) is 0 Å². The lowest BCUT2D eigenvalue weighted by Gasteiger charge is -2.10. The molecule has 0 amide bonds. The van der Waals surface area contributed by atoms with Crippen LogP contribution in [0.5, 0.6) is 5.75 Å². The van der Waals surface area contributed by atoms with Crippen molar-refractivity contribution in [1.29, 1.82) is 0 Å². The summed E-state index contributed by atoms with van der Waals surface area (Å²) < 4.78 is 5.88. The van der Waals surface area contributed by atoms with E-state index in [1.807, 2.05) is 55.7 Å². The van der Waals surface area contributed by atoms with Gasteiger partial charge in [-0.1, -0.05) is 30.8 Å². The van der Waals surface area contributed by atoms with E-state index in [0.717, 1.165) is 33.0 Å². The molecule has 0 aliphatic carbocycles. The molecule has 0 spiro atoms. The molecule has 0 aliphatic heterocycles. The van der Waals surface area contributed by atoms with Gasteiger partial charge in [0.15, 0.2) is 0 Å². The highest BCUT2D eigenvalue weighted by molar-refractivity contribution is 8.02. The summed E-state index contributed by atoms with van der Waals surface area (Å²) in [7, 11) is 0. The molecule has 4 heteroatoms. The minimum absolute atomic E-state index is 0.748. The molecule has 0 aromatic heterocycles. The molecule has 0 radical (unpaired) electrons. The van der Waals surface area contributed by atoms with Gasteiger partial charge in [-0.3, -0.25) is 4.99 Å². The van der Waals surface area contributed by atoms with Crippen LogP contribution in [-0.2, 0) is 0 Å². The van der Waals surface area contributed by atoms with Crippen molar-refractivity contribution in [3.63, 3.8) is 0 Å². The first kappa shape index (κ1) is 15.2. The highest BCUT2D eigenvalue weighted by Crippen LogP contribution is 2.30. The second-order valence-electron chi connectivity index (χ2n) is 4.45. The Hall–Kier alpha value is -2.20. The van der Waals surface area contributed by atoms with Crippen molar-refractivity contribution in [2.45, 2.75) is 6.92 Å². The van der Waals surface area contributed by atoms with Gasteiger partial charge < -0.3 is 10.5 Å². The van der Waals surface area contributed by atoms with Crippen molar-refractivity contribution >= 4 is 34.4 Å². The van der Waals surface area contributed by atoms with Gasteiger partial charge in [0.25, 0.3) is 0 Å². The molecule has 21 heavy (non-hydrogen) atoms. The largest absolute Gasteiger partial charge is 0.461 e. The third-order valence-electron chi connectivity index (χ3n) is 2.95. The Bertz CT molecular complexity index is 720. The Morgan fingerprint density at radius 3 is 2.67 bits per heavy atom. The van der Waals surface area contributed by atoms with Gasteiger partial charge in [0.2, 0.25) is 0 Å². The summed E-state index contributed by atoms with van der Waals surface area (Å²) in [5, 5.41) is 2.75. The normalized spacial score (nSPS) is 12.0. The molecule has 2 aromatic carbocycles. The standard InChI is InChI=1S/C17H18N2OS/c1-12(10-11-19-13(2)21-3)20-17-9-8-16(18)14-6-4-5-7-15(14)17/h4-11H,2,18H2,1,3H3/b12-10+,19-11-. The van der Waals surface area contributed by atoms with Gasteiger partial charge in [0.1, 0.15) is 11.5 Å². The summed E-state index contributed by atoms with van der Waals surface area (Å²) in [6, 6.07) is 11.7. The van der Waals surface area contributed by atoms with Crippen LogP contribution in [0, 0.1) is 0 Å². The van der Waals surface area contributed by atoms with E-state index in [0.29, 0.717) is 0 Å². The summed E-state index contributed by atoms with van der Waals surface area (Å²) in [5.74, 6) is 1.54. The van der Waals surface area contributed by atoms with E-state index in [1.165, 1.54) is 11.8 Å². The zero-order chi connectivity index (χ0) is 15.2. The number of benzene rings is 2. The first-order valence-electron chi connectivity index (χ1n) is 6.50. The van der Waals surface area contributed by atoms with Crippen LogP contribution in [0.15, 0.2) is 64.8 Å². The molecule has 3 nitrogen and oxygen atoms in total. The second kappa shape index (κ2) is 6.99. The Morgan fingerprint density at radius 2 is 1.95 bits per heavy atom. The number of nitrogen functional groups attached to an aromatic ring is 1. The minimum Gasteiger partial charge on any atom is -0.461 e. The molecule has 0 unspecified atom stereocenters. The molecule has 2 rings (SSSR count). The summed E-state index contributed by atoms with van der Waals surface area (Å²) in [5.41, 5.74) is 6.73. The van der Waals surface area contributed by atoms with Crippen LogP contribution in [0.2, 0.25) is 0 Å². The molecule has 0 atom stereocenters. The molecule has 108 valence electrons. The number of hydrogen-bond donors (Lipinski definition) is 1. The van der Waals surface area contributed by atoms with Crippen molar-refractivity contribution in [3.05, 3.63) is 59.8 Å². The van der Waals surface area contributed by atoms with E-state index in [-0.39, 0.29) is 0 Å². The summed E-state index contributed by atoms with van der Waals surface area (Å²) >= 11 is 1.51. The lowest BCUT2D eigenvalue weighted by Crippen LogP contribution is -1.94. The van der Waals surface area contributed by atoms with Crippen molar-refractivity contribution in [2.24, 2.45) is 4.99 Å². The first-order valence-corrected chi connectivity index (χ1v) is 7.73. The van der Waals surface area contributed by atoms with Crippen molar-refractivity contribution in [2.75, 3.05) is 12.0 Å². The number of aliphatic imine (C=N–C) groups is 1. The number of anilines is 1. The molecule has 0 saturated carbocycles. The van der Waals surface area contributed by atoms with Crippen LogP contribution in [0.4, 0.5) is 5.69 Å². The van der Waals surface area contributed by atoms with Crippen molar-refractivity contribution in [3.8, 4) is 5.75 Å². The number of allylic oxidation sites excluding steroid dienone is 2. The molecular formula is C17H18N2OS. The summed E-state index contributed by atoms with van der Waals surface area (Å²) in [6.07, 6.45) is 5.44. The molecule has 0 heterocycles. The van der Waals surface area contributed by atoms with Gasteiger partial charge in [-0.05, 0) is 31.4 Å². The van der Waals surface area contributed by atoms with Gasteiger partial charge >= 0.3 is 0 Å². The molecule has 0 saturated heterocycles. The molecular weight excluding hydrogens is 280 g/mol. The minimum atomic E-state index is 0.748. The van der Waals surface area contributed by atoms with Crippen LogP contribution in [0.1, 0.15) is 6.92 Å². The van der Waals surface area contributed by atoms with Gasteiger partial charge in [0, 0.05) is 22.7 Å². The van der Waals surface area contributed by atoms with Crippen LogP contribution >= 0.6 is 11.8 Å². The highest BCUT2D eigenvalue weighted by atomic mass is 32.2. The smallest absolute Gasteiger partial charge is 0.134 e. The lowest BCUT2D eigenvalue weighted by molar-refractivity contribution is 0.434. The van der Waals surface area contributed by atoms with Crippen LogP contribution in [-0.4, -0.2) is 12.5 Å². The average Bonchev–Trinajstić information content (AvgIpc) is 2.50. The topological polar surface area (TPSA) is 47.6 Å². The fourth-order valence-corrected chi connectivity index (χ4v) is 2.04. The van der Waals surface area contributed by atoms with E-state index in [2.05, 4.69) is 11.6 Å². The highest BCUT2D eigenvalue weighted by Gasteiger charge is 2.05. The number of thioether (sulfide) groups is 1. The van der Waals surface area contributed by atoms with E-state index in [4.69, 9.17) is 10.5 Å². The lowest BCUT2D eigenvalue weighted by atomic mass is 10.1. The van der Waals surface area contributed by atoms with Gasteiger partial charge in [0.05, 0.1) is 5.03 Å². The third kappa shape index (κ3) is 3.89. The predicted molar refractivity (Wildman–Crippen MR) is 93.9 cm³/mol. The first-order chi connectivity index (χ1) is 10.1. The van der Waals surface area contributed by atoms with Gasteiger partial charge in [-0.25, -0.2) is 0 Å². The van der Waals surface area contributed by atoms with E-state index >= 15 is 0 Å². The van der Waals surface area contributed by atoms with Crippen molar-refractivity contribution < 1.29 is 4.74 Å². The van der Waals surface area contributed by atoms with E-state index in [9.17, 15) is 0 Å². The number of rotatable bonds is 5. The molecule has 0 fully saturated rings. The van der Waals surface area contributed by atoms with E-state index < -0.39 is 0 Å². The number of nitrogens with zero attached hydrogens (tertiary/aromatic N) is 1. The van der Waals surface area contributed by atoms with Crippen LogP contribution < -0.4 is 10.5 Å². The fraction of sp³-hybridized carbons (Fsp3) is 0.118. The summed E-state index contributed by atoms with van der Waals surface area (Å²) in [6.45, 7) is 5.67. The molecule has 0 bridgehead atoms. The maximum absolute atomic E-state index is 5.98. The molecule has 2 N–H and O–H groups in total. The number of ether oxygens (including phenoxy) is 1. The number of fused-ring (bicyclic) bond motifs is 1. The number of nitrogens with two attached hydrogens (primary N) is 1. The Balaban J connectivity index is 2.24. The number of hydrogen-bond acceptors (Lipinski definition) is 4. The summed E-state index contributed by atoms with van der Waals surface area (Å²) in [4.78, 5) is 4.17. The Labute approximate surface area is 129 Å². The van der Waals surface area contributed by atoms with Gasteiger partial charge in [-0.2, -0.15) is 0 Å². The molecule has 2 aromatic rings. The second-order valence-corrected chi connectivity index (χ2v) is 5.33. The third-order valence-corrected chi connectivity index (χ3v) is 3.53. The fourth-order valence-electron chi connectivity index (χ4n) is 1.87. The molecule has 0 aliphatic rings. The monoisotopic (exact) mass is 298 g/mol. The maximum Gasteiger partial charge on any atom is 0.134 e. The van der Waals surface area contributed by atoms with Crippen LogP contribution in [0.25, 0.3) is 10.8 Å². The Morgan fingerprint density at radius 1 is 1.24 bits per heavy atom. The average molecular weight is 298 g/mol. The van der Waals surface area contributed by atoms with Gasteiger partial charge in [-0.15, -0.1) is 11.8 Å². The maximum atomic E-state index is 5.98. The Kier molecular flexibility index (Phi) is 5.06. The zero-order valence-electron chi connectivity index (χ0n) is 12.2. The van der Waals surface area contributed by atoms with Crippen molar-refractivity contribution in [1.82, 2.24) is 0 Å². The predicted octanol–water partition coefficient (Wildman–Crippen LogP) is 4.61.